The van der Waals surface area contributed by atoms with E-state index in [1.807, 2.05) is 17.2 Å². The molecule has 0 saturated carbocycles. The smallest absolute Gasteiger partial charge is 0.244 e. The van der Waals surface area contributed by atoms with Gasteiger partial charge in [-0.3, -0.25) is 4.79 Å². The van der Waals surface area contributed by atoms with Crippen LogP contribution in [0, 0.1) is 0 Å². The molecule has 1 aliphatic heterocycles. The first-order valence-electron chi connectivity index (χ1n) is 5.33. The topological polar surface area (TPSA) is 45.2 Å². The molecule has 1 N–H and O–H groups in total. The number of thiazole rings is 1. The van der Waals surface area contributed by atoms with Crippen molar-refractivity contribution in [2.24, 2.45) is 0 Å². The summed E-state index contributed by atoms with van der Waals surface area (Å²) in [6.07, 6.45) is 2.25. The molecular weight excluding hydrogens is 290 g/mol. The van der Waals surface area contributed by atoms with Gasteiger partial charge in [-0.1, -0.05) is 0 Å². The highest BCUT2D eigenvalue weighted by Crippen LogP contribution is 2.20. The lowest BCUT2D eigenvalue weighted by Gasteiger charge is -2.20. The fourth-order valence-corrected chi connectivity index (χ4v) is 3.01. The molecule has 2 heterocycles. The van der Waals surface area contributed by atoms with E-state index < -0.39 is 0 Å². The summed E-state index contributed by atoms with van der Waals surface area (Å²) in [5, 5.41) is 5.81. The highest BCUT2D eigenvalue weighted by molar-refractivity contribution is 9.10. The molecule has 0 aromatic carbocycles. The van der Waals surface area contributed by atoms with Crippen molar-refractivity contribution in [2.75, 3.05) is 18.4 Å². The average molecular weight is 304 g/mol. The summed E-state index contributed by atoms with van der Waals surface area (Å²) in [6.45, 7) is 3.68. The number of halogens is 1. The van der Waals surface area contributed by atoms with Gasteiger partial charge in [0.2, 0.25) is 5.91 Å². The van der Waals surface area contributed by atoms with Gasteiger partial charge in [-0.15, -0.1) is 11.3 Å². The van der Waals surface area contributed by atoms with Gasteiger partial charge >= 0.3 is 0 Å². The largest absolute Gasteiger partial charge is 0.350 e. The van der Waals surface area contributed by atoms with E-state index in [0.717, 1.165) is 35.7 Å². The Morgan fingerprint density at radius 1 is 1.62 bits per heavy atom. The fourth-order valence-electron chi connectivity index (χ4n) is 1.78. The molecule has 1 amide bonds. The van der Waals surface area contributed by atoms with Crippen molar-refractivity contribution in [2.45, 2.75) is 25.8 Å². The van der Waals surface area contributed by atoms with Crippen LogP contribution in [0.2, 0.25) is 0 Å². The number of amides is 1. The number of hydrogen-bond donors (Lipinski definition) is 1. The SMILES string of the molecule is CC(Nc1nc(Br)cs1)C(=O)N1CCCC1. The summed E-state index contributed by atoms with van der Waals surface area (Å²) in [5.74, 6) is 0.170. The van der Waals surface area contributed by atoms with Crippen molar-refractivity contribution in [3.05, 3.63) is 9.98 Å². The Bertz CT molecular complexity index is 376. The maximum absolute atomic E-state index is 12.0. The Kier molecular flexibility index (Phi) is 3.81. The molecule has 1 fully saturated rings. The Morgan fingerprint density at radius 3 is 2.88 bits per heavy atom. The van der Waals surface area contributed by atoms with Gasteiger partial charge in [-0.2, -0.15) is 0 Å². The number of anilines is 1. The summed E-state index contributed by atoms with van der Waals surface area (Å²) in [5.41, 5.74) is 0. The molecule has 88 valence electrons. The lowest BCUT2D eigenvalue weighted by molar-refractivity contribution is -0.130. The van der Waals surface area contributed by atoms with Crippen LogP contribution in [-0.2, 0) is 4.79 Å². The van der Waals surface area contributed by atoms with E-state index >= 15 is 0 Å². The average Bonchev–Trinajstić information content (AvgIpc) is 2.88. The molecule has 1 saturated heterocycles. The highest BCUT2D eigenvalue weighted by Gasteiger charge is 2.23. The van der Waals surface area contributed by atoms with Gasteiger partial charge < -0.3 is 10.2 Å². The van der Waals surface area contributed by atoms with E-state index in [-0.39, 0.29) is 11.9 Å². The van der Waals surface area contributed by atoms with Gasteiger partial charge in [0.05, 0.1) is 0 Å². The Hall–Kier alpha value is -0.620. The Morgan fingerprint density at radius 2 is 2.31 bits per heavy atom. The van der Waals surface area contributed by atoms with Crippen LogP contribution in [0.25, 0.3) is 0 Å². The third kappa shape index (κ3) is 2.74. The minimum absolute atomic E-state index is 0.170. The van der Waals surface area contributed by atoms with Gasteiger partial charge in [0.15, 0.2) is 5.13 Å². The van der Waals surface area contributed by atoms with Gasteiger partial charge in [-0.05, 0) is 35.7 Å². The first-order valence-corrected chi connectivity index (χ1v) is 7.00. The van der Waals surface area contributed by atoms with Crippen LogP contribution in [-0.4, -0.2) is 34.9 Å². The van der Waals surface area contributed by atoms with Gasteiger partial charge in [-0.25, -0.2) is 4.98 Å². The maximum atomic E-state index is 12.0. The van der Waals surface area contributed by atoms with Crippen LogP contribution in [0.3, 0.4) is 0 Å². The Balaban J connectivity index is 1.91. The van der Waals surface area contributed by atoms with Crippen LogP contribution in [0.15, 0.2) is 9.98 Å². The van der Waals surface area contributed by atoms with Crippen molar-refractivity contribution in [3.8, 4) is 0 Å². The summed E-state index contributed by atoms with van der Waals surface area (Å²) in [4.78, 5) is 18.1. The number of carbonyl (C=O) groups excluding carboxylic acids is 1. The number of aromatic nitrogens is 1. The molecule has 0 radical (unpaired) electrons. The summed E-state index contributed by atoms with van der Waals surface area (Å²) >= 11 is 4.79. The zero-order chi connectivity index (χ0) is 11.5. The van der Waals surface area contributed by atoms with Crippen molar-refractivity contribution in [3.63, 3.8) is 0 Å². The van der Waals surface area contributed by atoms with E-state index in [0.29, 0.717) is 0 Å². The summed E-state index contributed by atoms with van der Waals surface area (Å²) in [7, 11) is 0. The molecule has 1 aromatic heterocycles. The monoisotopic (exact) mass is 303 g/mol. The molecule has 1 unspecified atom stereocenters. The molecule has 0 bridgehead atoms. The van der Waals surface area contributed by atoms with Crippen LogP contribution in [0.4, 0.5) is 5.13 Å². The quantitative estimate of drug-likeness (QED) is 0.932. The summed E-state index contributed by atoms with van der Waals surface area (Å²) < 4.78 is 0.806. The molecule has 1 aliphatic rings. The van der Waals surface area contributed by atoms with E-state index in [1.165, 1.54) is 11.3 Å². The number of hydrogen-bond acceptors (Lipinski definition) is 4. The first kappa shape index (κ1) is 11.9. The molecule has 16 heavy (non-hydrogen) atoms. The predicted octanol–water partition coefficient (Wildman–Crippen LogP) is 2.33. The van der Waals surface area contributed by atoms with Crippen molar-refractivity contribution in [1.29, 1.82) is 0 Å². The lowest BCUT2D eigenvalue weighted by Crippen LogP contribution is -2.39. The fraction of sp³-hybridized carbons (Fsp3) is 0.600. The predicted molar refractivity (Wildman–Crippen MR) is 68.7 cm³/mol. The number of nitrogens with one attached hydrogen (secondary N) is 1. The molecule has 6 heteroatoms. The van der Waals surface area contributed by atoms with Crippen molar-refractivity contribution >= 4 is 38.3 Å². The molecule has 0 aliphatic carbocycles. The zero-order valence-electron chi connectivity index (χ0n) is 9.07. The van der Waals surface area contributed by atoms with Crippen LogP contribution in [0.1, 0.15) is 19.8 Å². The van der Waals surface area contributed by atoms with Crippen LogP contribution in [0.5, 0.6) is 0 Å². The molecule has 0 spiro atoms. The minimum atomic E-state index is -0.198. The van der Waals surface area contributed by atoms with Gasteiger partial charge in [0.25, 0.3) is 0 Å². The second-order valence-corrected chi connectivity index (χ2v) is 5.54. The Labute approximate surface area is 107 Å². The molecular formula is C10H14BrN3OS. The number of rotatable bonds is 3. The van der Waals surface area contributed by atoms with E-state index in [1.54, 1.807) is 0 Å². The summed E-state index contributed by atoms with van der Waals surface area (Å²) in [6, 6.07) is -0.198. The van der Waals surface area contributed by atoms with Gasteiger partial charge in [0, 0.05) is 18.5 Å². The molecule has 1 atom stereocenters. The zero-order valence-corrected chi connectivity index (χ0v) is 11.5. The molecule has 1 aromatic rings. The molecule has 4 nitrogen and oxygen atoms in total. The third-order valence-corrected chi connectivity index (χ3v) is 4.09. The standard InChI is InChI=1S/C10H14BrN3OS/c1-7(9(15)14-4-2-3-5-14)12-10-13-8(11)6-16-10/h6-7H,2-5H2,1H3,(H,12,13). The highest BCUT2D eigenvalue weighted by atomic mass is 79.9. The third-order valence-electron chi connectivity index (χ3n) is 2.60. The normalized spacial score (nSPS) is 17.5. The van der Waals surface area contributed by atoms with E-state index in [2.05, 4.69) is 26.2 Å². The lowest BCUT2D eigenvalue weighted by atomic mass is 10.3. The van der Waals surface area contributed by atoms with E-state index in [9.17, 15) is 4.79 Å². The second-order valence-electron chi connectivity index (χ2n) is 3.87. The van der Waals surface area contributed by atoms with Crippen LogP contribution >= 0.6 is 27.3 Å². The maximum Gasteiger partial charge on any atom is 0.244 e. The van der Waals surface area contributed by atoms with Crippen LogP contribution < -0.4 is 5.32 Å². The number of likely N-dealkylation sites (tertiary alicyclic amines) is 1. The molecule has 2 rings (SSSR count). The second kappa shape index (κ2) is 5.14. The first-order chi connectivity index (χ1) is 7.66. The number of nitrogens with zero attached hydrogens (tertiary/aromatic N) is 2. The minimum Gasteiger partial charge on any atom is -0.350 e. The van der Waals surface area contributed by atoms with E-state index in [4.69, 9.17) is 0 Å². The number of carbonyl (C=O) groups is 1. The van der Waals surface area contributed by atoms with Gasteiger partial charge in [0.1, 0.15) is 10.6 Å². The van der Waals surface area contributed by atoms with Crippen molar-refractivity contribution < 1.29 is 4.79 Å². The van der Waals surface area contributed by atoms with Crippen molar-refractivity contribution in [1.82, 2.24) is 9.88 Å².